The molecule has 8 amide bonds. The van der Waals surface area contributed by atoms with Gasteiger partial charge >= 0.3 is 17.9 Å². The molecule has 24 nitrogen and oxygen atoms in total. The summed E-state index contributed by atoms with van der Waals surface area (Å²) < 4.78 is 0. The molecular formula is C41H71N9O15S2. The van der Waals surface area contributed by atoms with Crippen LogP contribution in [0.3, 0.4) is 0 Å². The van der Waals surface area contributed by atoms with Gasteiger partial charge in [0.15, 0.2) is 0 Å². The molecule has 0 fully saturated rings. The summed E-state index contributed by atoms with van der Waals surface area (Å²) in [6, 6.07) is -13.3. The summed E-state index contributed by atoms with van der Waals surface area (Å²) >= 11 is 8.01. The largest absolute Gasteiger partial charge is 0.481 e. The molecule has 0 aliphatic heterocycles. The van der Waals surface area contributed by atoms with Gasteiger partial charge in [-0.3, -0.25) is 47.9 Å². The van der Waals surface area contributed by atoms with Gasteiger partial charge in [-0.2, -0.15) is 25.3 Å². The topological polar surface area (TPSA) is 391 Å². The normalized spacial score (nSPS) is 15.8. The van der Waals surface area contributed by atoms with Gasteiger partial charge < -0.3 is 68.7 Å². The van der Waals surface area contributed by atoms with Crippen LogP contribution >= 0.6 is 25.3 Å². The van der Waals surface area contributed by atoms with Gasteiger partial charge in [0.1, 0.15) is 48.3 Å². The quantitative estimate of drug-likeness (QED) is 0.0313. The molecular weight excluding hydrogens is 923 g/mol. The van der Waals surface area contributed by atoms with Gasteiger partial charge in [0.25, 0.3) is 0 Å². The number of thiol groups is 2. The van der Waals surface area contributed by atoms with E-state index in [4.69, 9.17) is 5.73 Å². The molecule has 0 aromatic rings. The van der Waals surface area contributed by atoms with Crippen LogP contribution in [0.5, 0.6) is 0 Å². The van der Waals surface area contributed by atoms with Crippen molar-refractivity contribution < 1.29 is 73.2 Å². The molecule has 0 rings (SSSR count). The third kappa shape index (κ3) is 22.9. The average molecular weight is 994 g/mol. The molecule has 0 unspecified atom stereocenters. The number of aliphatic hydroxyl groups is 1. The van der Waals surface area contributed by atoms with Gasteiger partial charge in [0, 0.05) is 17.9 Å². The fraction of sp³-hybridized carbons (Fsp3) is 0.732. The highest BCUT2D eigenvalue weighted by atomic mass is 32.1. The third-order valence-electron chi connectivity index (χ3n) is 9.91. The van der Waals surface area contributed by atoms with Crippen LogP contribution in [-0.2, 0) is 52.7 Å². The summed E-state index contributed by atoms with van der Waals surface area (Å²) in [5.41, 5.74) is 5.97. The number of nitrogens with two attached hydrogens (primary N) is 1. The van der Waals surface area contributed by atoms with Crippen molar-refractivity contribution in [2.75, 3.05) is 11.5 Å². The Labute approximate surface area is 400 Å². The first-order valence-corrected chi connectivity index (χ1v) is 23.0. The Morgan fingerprint density at radius 3 is 1.24 bits per heavy atom. The SMILES string of the molecule is CC(C)C[C@H](NC(=O)[C@H](CS)NC(=O)[C@@H](NC(=O)[C@H](CC(=O)O)NC(=O)[C@H](CCC(=O)O)NC(=O)[C@@H](NC(=O)[C@H](CC(C)C)NC(=O)[C@@H](N)C(C)C)C(C)C)[C@@H](C)O)C(=O)N[C@@H](CS)C(=O)O. The Bertz CT molecular complexity index is 1750. The Hall–Kier alpha value is -5.21. The number of aliphatic hydroxyl groups excluding tert-OH is 1. The van der Waals surface area contributed by atoms with E-state index in [1.54, 1.807) is 55.4 Å². The van der Waals surface area contributed by atoms with Crippen molar-refractivity contribution in [2.24, 2.45) is 29.4 Å². The number of rotatable bonds is 31. The summed E-state index contributed by atoms with van der Waals surface area (Å²) in [5, 5.41) is 57.7. The number of hydrogen-bond acceptors (Lipinski definition) is 15. The number of carbonyl (C=O) groups excluding carboxylic acids is 8. The molecule has 10 atom stereocenters. The first-order chi connectivity index (χ1) is 31.0. The molecule has 0 bridgehead atoms. The van der Waals surface area contributed by atoms with E-state index in [9.17, 15) is 73.2 Å². The van der Waals surface area contributed by atoms with E-state index in [2.05, 4.69) is 67.8 Å². The molecule has 0 aliphatic carbocycles. The van der Waals surface area contributed by atoms with Crippen LogP contribution in [0.1, 0.15) is 94.4 Å². The second-order valence-corrected chi connectivity index (χ2v) is 18.3. The fourth-order valence-corrected chi connectivity index (χ4v) is 6.57. The van der Waals surface area contributed by atoms with Gasteiger partial charge in [-0.05, 0) is 49.9 Å². The molecule has 0 aromatic carbocycles. The maximum absolute atomic E-state index is 13.7. The molecule has 0 saturated carbocycles. The minimum absolute atomic E-state index is 0.0385. The van der Waals surface area contributed by atoms with Crippen LogP contribution in [0.4, 0.5) is 0 Å². The first-order valence-electron chi connectivity index (χ1n) is 21.7. The number of hydrogen-bond donors (Lipinski definition) is 15. The average Bonchev–Trinajstić information content (AvgIpc) is 3.21. The number of carboxylic acid groups (broad SMARTS) is 3. The minimum atomic E-state index is -2.02. The molecule has 382 valence electrons. The van der Waals surface area contributed by atoms with E-state index < -0.39 is 157 Å². The van der Waals surface area contributed by atoms with Crippen molar-refractivity contribution in [3.8, 4) is 0 Å². The standard InChI is InChI=1S/C41H71N9O15S2/c1-17(2)12-23(34(57)48-27(16-67)41(64)65)44-37(60)26(15-66)47-40(63)32(21(9)51)50-36(59)25(14-29(54)55)45-33(56)22(10-11-28(52)53)43-39(62)31(20(7)8)49-35(58)24(13-18(3)4)46-38(61)30(42)19(5)6/h17-27,30-32,51,66-67H,10-16,42H2,1-9H3,(H,43,62)(H,44,60)(H,45,56)(H,46,61)(H,47,63)(H,48,57)(H,49,58)(H,50,59)(H,52,53)(H,54,55)(H,64,65)/t21-,22+,23+,24+,25+,26+,27+,30+,31+,32+/m1/s1. The van der Waals surface area contributed by atoms with Crippen LogP contribution in [0, 0.1) is 23.7 Å². The zero-order valence-corrected chi connectivity index (χ0v) is 41.1. The third-order valence-corrected chi connectivity index (χ3v) is 10.6. The number of nitrogens with one attached hydrogen (secondary N) is 8. The Morgan fingerprint density at radius 1 is 0.448 bits per heavy atom. The maximum atomic E-state index is 13.7. The molecule has 0 aliphatic rings. The zero-order valence-electron chi connectivity index (χ0n) is 39.3. The fourth-order valence-electron chi connectivity index (χ4n) is 6.06. The first kappa shape index (κ1) is 61.8. The molecule has 26 heteroatoms. The van der Waals surface area contributed by atoms with E-state index >= 15 is 0 Å². The van der Waals surface area contributed by atoms with Crippen molar-refractivity contribution in [2.45, 2.75) is 155 Å². The van der Waals surface area contributed by atoms with Crippen LogP contribution in [0.15, 0.2) is 0 Å². The van der Waals surface area contributed by atoms with E-state index in [1.165, 1.54) is 0 Å². The predicted octanol–water partition coefficient (Wildman–Crippen LogP) is -2.74. The Balaban J connectivity index is 6.44. The second-order valence-electron chi connectivity index (χ2n) is 17.6. The number of amides is 8. The van der Waals surface area contributed by atoms with Gasteiger partial charge in [-0.15, -0.1) is 0 Å². The summed E-state index contributed by atoms with van der Waals surface area (Å²) in [7, 11) is 0. The summed E-state index contributed by atoms with van der Waals surface area (Å²) in [6.07, 6.45) is -3.96. The van der Waals surface area contributed by atoms with Crippen molar-refractivity contribution in [3.63, 3.8) is 0 Å². The van der Waals surface area contributed by atoms with Gasteiger partial charge in [-0.25, -0.2) is 4.79 Å². The highest BCUT2D eigenvalue weighted by molar-refractivity contribution is 7.80. The highest BCUT2D eigenvalue weighted by Crippen LogP contribution is 2.12. The molecule has 14 N–H and O–H groups in total. The summed E-state index contributed by atoms with van der Waals surface area (Å²) in [5.74, 6) is -14.2. The zero-order chi connectivity index (χ0) is 52.0. The van der Waals surface area contributed by atoms with Crippen molar-refractivity contribution in [3.05, 3.63) is 0 Å². The molecule has 0 saturated heterocycles. The van der Waals surface area contributed by atoms with Crippen molar-refractivity contribution >= 4 is 90.4 Å². The number of carboxylic acids is 3. The van der Waals surface area contributed by atoms with E-state index in [0.717, 1.165) is 6.92 Å². The Morgan fingerprint density at radius 2 is 0.821 bits per heavy atom. The van der Waals surface area contributed by atoms with Crippen molar-refractivity contribution in [1.82, 2.24) is 42.5 Å². The second kappa shape index (κ2) is 30.2. The van der Waals surface area contributed by atoms with Crippen LogP contribution in [0.2, 0.25) is 0 Å². The van der Waals surface area contributed by atoms with Crippen LogP contribution in [-0.4, -0.2) is 158 Å². The Kier molecular flexibility index (Phi) is 27.9. The highest BCUT2D eigenvalue weighted by Gasteiger charge is 2.37. The number of carbonyl (C=O) groups is 11. The van der Waals surface area contributed by atoms with E-state index in [1.807, 2.05) is 0 Å². The van der Waals surface area contributed by atoms with Crippen LogP contribution in [0.25, 0.3) is 0 Å². The minimum Gasteiger partial charge on any atom is -0.481 e. The molecule has 0 aromatic heterocycles. The molecule has 67 heavy (non-hydrogen) atoms. The van der Waals surface area contributed by atoms with Gasteiger partial charge in [0.05, 0.1) is 18.6 Å². The lowest BCUT2D eigenvalue weighted by atomic mass is 9.98. The molecule has 0 radical (unpaired) electrons. The summed E-state index contributed by atoms with van der Waals surface area (Å²) in [6.45, 7) is 14.7. The van der Waals surface area contributed by atoms with E-state index in [0.29, 0.717) is 0 Å². The lowest BCUT2D eigenvalue weighted by Crippen LogP contribution is -2.62. The van der Waals surface area contributed by atoms with Crippen LogP contribution < -0.4 is 48.3 Å². The lowest BCUT2D eigenvalue weighted by Gasteiger charge is -2.29. The maximum Gasteiger partial charge on any atom is 0.327 e. The predicted molar refractivity (Wildman–Crippen MR) is 248 cm³/mol. The van der Waals surface area contributed by atoms with Crippen molar-refractivity contribution in [1.29, 1.82) is 0 Å². The molecule has 0 spiro atoms. The van der Waals surface area contributed by atoms with E-state index in [-0.39, 0.29) is 36.3 Å². The monoisotopic (exact) mass is 993 g/mol. The van der Waals surface area contributed by atoms with Gasteiger partial charge in [-0.1, -0.05) is 55.4 Å². The lowest BCUT2D eigenvalue weighted by molar-refractivity contribution is -0.142. The van der Waals surface area contributed by atoms with Gasteiger partial charge in [0.2, 0.25) is 47.3 Å². The molecule has 0 heterocycles. The summed E-state index contributed by atoms with van der Waals surface area (Å²) in [4.78, 5) is 142. The smallest absolute Gasteiger partial charge is 0.327 e. The number of aliphatic carboxylic acids is 3.